The second kappa shape index (κ2) is 8.93. The second-order valence-corrected chi connectivity index (χ2v) is 4.23. The molecule has 1 heterocycles. The number of nitrogens with zero attached hydrogens (tertiary/aromatic N) is 2. The van der Waals surface area contributed by atoms with Crippen molar-refractivity contribution in [2.75, 3.05) is 18.4 Å². The Morgan fingerprint density at radius 3 is 2.41 bits per heavy atom. The lowest BCUT2D eigenvalue weighted by Gasteiger charge is -2.05. The molecule has 0 radical (unpaired) electrons. The van der Waals surface area contributed by atoms with Crippen molar-refractivity contribution in [2.45, 2.75) is 46.1 Å². The van der Waals surface area contributed by atoms with E-state index in [0.717, 1.165) is 37.6 Å². The fourth-order valence-corrected chi connectivity index (χ4v) is 1.51. The minimum atomic E-state index is 0.724. The quantitative estimate of drug-likeness (QED) is 0.647. The van der Waals surface area contributed by atoms with E-state index in [-0.39, 0.29) is 0 Å². The molecule has 1 aromatic heterocycles. The lowest BCUT2D eigenvalue weighted by molar-refractivity contribution is 0.615. The summed E-state index contributed by atoms with van der Waals surface area (Å²) in [4.78, 5) is 8.54. The summed E-state index contributed by atoms with van der Waals surface area (Å²) in [6.07, 6.45) is 8.67. The van der Waals surface area contributed by atoms with Crippen molar-refractivity contribution in [3.05, 3.63) is 18.0 Å². The van der Waals surface area contributed by atoms with Crippen molar-refractivity contribution in [3.63, 3.8) is 0 Å². The van der Waals surface area contributed by atoms with Crippen molar-refractivity contribution >= 4 is 5.95 Å². The maximum absolute atomic E-state index is 4.27. The molecule has 2 N–H and O–H groups in total. The van der Waals surface area contributed by atoms with Crippen LogP contribution in [0.1, 0.15) is 45.1 Å². The highest BCUT2D eigenvalue weighted by Crippen LogP contribution is 2.00. The number of unbranched alkanes of at least 4 members (excludes halogenated alkanes) is 2. The first-order valence-electron chi connectivity index (χ1n) is 6.62. The summed E-state index contributed by atoms with van der Waals surface area (Å²) in [5.74, 6) is 0.724. The van der Waals surface area contributed by atoms with Crippen LogP contribution in [-0.4, -0.2) is 23.1 Å². The molecule has 0 aliphatic carbocycles. The van der Waals surface area contributed by atoms with Crippen LogP contribution in [0.5, 0.6) is 0 Å². The Labute approximate surface area is 104 Å². The fourth-order valence-electron chi connectivity index (χ4n) is 1.51. The summed E-state index contributed by atoms with van der Waals surface area (Å²) >= 11 is 0. The van der Waals surface area contributed by atoms with Crippen LogP contribution in [0.15, 0.2) is 12.4 Å². The van der Waals surface area contributed by atoms with E-state index in [2.05, 4.69) is 34.4 Å². The van der Waals surface area contributed by atoms with Crippen molar-refractivity contribution in [1.29, 1.82) is 0 Å². The van der Waals surface area contributed by atoms with Crippen molar-refractivity contribution < 1.29 is 0 Å². The van der Waals surface area contributed by atoms with E-state index >= 15 is 0 Å². The fraction of sp³-hybridized carbons (Fsp3) is 0.692. The molecular formula is C13H24N4. The third-order valence-corrected chi connectivity index (χ3v) is 2.52. The molecule has 0 spiro atoms. The van der Waals surface area contributed by atoms with Crippen LogP contribution in [0.25, 0.3) is 0 Å². The van der Waals surface area contributed by atoms with Gasteiger partial charge in [0.15, 0.2) is 0 Å². The van der Waals surface area contributed by atoms with E-state index in [1.54, 1.807) is 0 Å². The maximum Gasteiger partial charge on any atom is 0.222 e. The van der Waals surface area contributed by atoms with Crippen molar-refractivity contribution in [1.82, 2.24) is 15.3 Å². The summed E-state index contributed by atoms with van der Waals surface area (Å²) in [7, 11) is 0. The van der Waals surface area contributed by atoms with Gasteiger partial charge >= 0.3 is 0 Å². The molecular weight excluding hydrogens is 212 g/mol. The molecule has 0 unspecified atom stereocenters. The van der Waals surface area contributed by atoms with Crippen molar-refractivity contribution in [2.24, 2.45) is 0 Å². The Hall–Kier alpha value is -1.16. The number of anilines is 1. The summed E-state index contributed by atoms with van der Waals surface area (Å²) in [5, 5.41) is 6.56. The average Bonchev–Trinajstić information content (AvgIpc) is 2.37. The predicted molar refractivity (Wildman–Crippen MR) is 72.0 cm³/mol. The van der Waals surface area contributed by atoms with Gasteiger partial charge in [0.05, 0.1) is 0 Å². The van der Waals surface area contributed by atoms with Crippen LogP contribution in [0, 0.1) is 0 Å². The highest BCUT2D eigenvalue weighted by molar-refractivity contribution is 5.24. The molecule has 0 saturated heterocycles. The molecule has 4 heteroatoms. The largest absolute Gasteiger partial charge is 0.354 e. The van der Waals surface area contributed by atoms with Gasteiger partial charge in [-0.25, -0.2) is 9.97 Å². The molecule has 17 heavy (non-hydrogen) atoms. The van der Waals surface area contributed by atoms with Crippen LogP contribution in [0.2, 0.25) is 0 Å². The number of hydrogen-bond donors (Lipinski definition) is 2. The molecule has 0 aliphatic rings. The van der Waals surface area contributed by atoms with Gasteiger partial charge in [-0.2, -0.15) is 0 Å². The van der Waals surface area contributed by atoms with E-state index in [9.17, 15) is 0 Å². The molecule has 0 aromatic carbocycles. The molecule has 0 aliphatic heterocycles. The Morgan fingerprint density at radius 2 is 1.76 bits per heavy atom. The van der Waals surface area contributed by atoms with Crippen LogP contribution in [0.3, 0.4) is 0 Å². The zero-order valence-electron chi connectivity index (χ0n) is 11.0. The first-order chi connectivity index (χ1) is 8.36. The van der Waals surface area contributed by atoms with Gasteiger partial charge in [0, 0.05) is 31.0 Å². The molecule has 0 bridgehead atoms. The van der Waals surface area contributed by atoms with E-state index in [1.165, 1.54) is 19.3 Å². The minimum Gasteiger partial charge on any atom is -0.354 e. The lowest BCUT2D eigenvalue weighted by Crippen LogP contribution is -2.15. The minimum absolute atomic E-state index is 0.724. The summed E-state index contributed by atoms with van der Waals surface area (Å²) < 4.78 is 0. The van der Waals surface area contributed by atoms with Crippen LogP contribution in [0.4, 0.5) is 5.95 Å². The highest BCUT2D eigenvalue weighted by atomic mass is 15.1. The van der Waals surface area contributed by atoms with Crippen LogP contribution < -0.4 is 10.6 Å². The van der Waals surface area contributed by atoms with Gasteiger partial charge in [-0.05, 0) is 19.4 Å². The normalized spacial score (nSPS) is 10.5. The Kier molecular flexibility index (Phi) is 7.30. The van der Waals surface area contributed by atoms with Gasteiger partial charge in [-0.1, -0.05) is 26.7 Å². The summed E-state index contributed by atoms with van der Waals surface area (Å²) in [5.41, 5.74) is 1.14. The monoisotopic (exact) mass is 236 g/mol. The predicted octanol–water partition coefficient (Wildman–Crippen LogP) is 2.58. The molecule has 4 nitrogen and oxygen atoms in total. The van der Waals surface area contributed by atoms with Gasteiger partial charge in [0.1, 0.15) is 0 Å². The van der Waals surface area contributed by atoms with Gasteiger partial charge in [0.25, 0.3) is 0 Å². The number of nitrogens with one attached hydrogen (secondary N) is 2. The smallest absolute Gasteiger partial charge is 0.222 e. The van der Waals surface area contributed by atoms with E-state index < -0.39 is 0 Å². The Balaban J connectivity index is 2.20. The standard InChI is InChI=1S/C13H24N4/c1-3-5-6-8-14-9-12-10-16-13(17-11-12)15-7-4-2/h10-11,14H,3-9H2,1-2H3,(H,15,16,17). The SMILES string of the molecule is CCCCCNCc1cnc(NCCC)nc1. The number of hydrogen-bond acceptors (Lipinski definition) is 4. The molecule has 96 valence electrons. The first kappa shape index (κ1) is 13.9. The molecule has 0 fully saturated rings. The van der Waals surface area contributed by atoms with Crippen LogP contribution >= 0.6 is 0 Å². The summed E-state index contributed by atoms with van der Waals surface area (Å²) in [6.45, 7) is 7.20. The zero-order chi connectivity index (χ0) is 12.3. The zero-order valence-corrected chi connectivity index (χ0v) is 11.0. The second-order valence-electron chi connectivity index (χ2n) is 4.23. The molecule has 0 atom stereocenters. The van der Waals surface area contributed by atoms with E-state index in [1.807, 2.05) is 12.4 Å². The maximum atomic E-state index is 4.27. The van der Waals surface area contributed by atoms with Gasteiger partial charge < -0.3 is 10.6 Å². The third kappa shape index (κ3) is 6.22. The van der Waals surface area contributed by atoms with Crippen LogP contribution in [-0.2, 0) is 6.54 Å². The van der Waals surface area contributed by atoms with Gasteiger partial charge in [-0.3, -0.25) is 0 Å². The van der Waals surface area contributed by atoms with Gasteiger partial charge in [0.2, 0.25) is 5.95 Å². The highest BCUT2D eigenvalue weighted by Gasteiger charge is 1.96. The topological polar surface area (TPSA) is 49.8 Å². The van der Waals surface area contributed by atoms with Gasteiger partial charge in [-0.15, -0.1) is 0 Å². The van der Waals surface area contributed by atoms with E-state index in [0.29, 0.717) is 0 Å². The number of rotatable bonds is 9. The Bertz CT molecular complexity index is 284. The summed E-state index contributed by atoms with van der Waals surface area (Å²) in [6, 6.07) is 0. The molecule has 0 amide bonds. The lowest BCUT2D eigenvalue weighted by atomic mass is 10.2. The molecule has 0 saturated carbocycles. The molecule has 1 rings (SSSR count). The average molecular weight is 236 g/mol. The van der Waals surface area contributed by atoms with Crippen molar-refractivity contribution in [3.8, 4) is 0 Å². The Morgan fingerprint density at radius 1 is 1.00 bits per heavy atom. The van der Waals surface area contributed by atoms with E-state index in [4.69, 9.17) is 0 Å². The first-order valence-corrected chi connectivity index (χ1v) is 6.62. The molecule has 1 aromatic rings. The number of aromatic nitrogens is 2. The third-order valence-electron chi connectivity index (χ3n) is 2.52.